The Bertz CT molecular complexity index is 1070. The van der Waals surface area contributed by atoms with Crippen molar-refractivity contribution in [1.82, 2.24) is 14.5 Å². The van der Waals surface area contributed by atoms with Crippen LogP contribution < -0.4 is 0 Å². The van der Waals surface area contributed by atoms with Crippen LogP contribution in [-0.4, -0.2) is 14.5 Å². The summed E-state index contributed by atoms with van der Waals surface area (Å²) in [4.78, 5) is 8.84. The van der Waals surface area contributed by atoms with Crippen molar-refractivity contribution in [3.05, 3.63) is 90.0 Å². The largest absolute Gasteiger partial charge is 0.295 e. The molecular formula is C22H17N3. The summed E-state index contributed by atoms with van der Waals surface area (Å²) in [6.07, 6.45) is 4.38. The number of hydrogen-bond acceptors (Lipinski definition) is 2. The molecule has 0 unspecified atom stereocenters. The number of aromatic nitrogens is 3. The SMILES string of the molecule is CCc1nc2cccc(C#Cc3ccncc3)c2n1-c1ccccc1. The molecule has 0 radical (unpaired) electrons. The van der Waals surface area contributed by atoms with Gasteiger partial charge in [0.25, 0.3) is 0 Å². The Hall–Kier alpha value is -3.38. The average molecular weight is 323 g/mol. The van der Waals surface area contributed by atoms with E-state index in [1.54, 1.807) is 12.4 Å². The van der Waals surface area contributed by atoms with Crippen molar-refractivity contribution in [1.29, 1.82) is 0 Å². The van der Waals surface area contributed by atoms with Crippen LogP contribution in [0.3, 0.4) is 0 Å². The van der Waals surface area contributed by atoms with Gasteiger partial charge in [0.1, 0.15) is 5.82 Å². The first-order valence-corrected chi connectivity index (χ1v) is 8.34. The molecule has 3 heteroatoms. The Kier molecular flexibility index (Phi) is 4.02. The fraction of sp³-hybridized carbons (Fsp3) is 0.0909. The third-order valence-corrected chi connectivity index (χ3v) is 4.10. The van der Waals surface area contributed by atoms with Crippen molar-refractivity contribution in [2.45, 2.75) is 13.3 Å². The lowest BCUT2D eigenvalue weighted by molar-refractivity contribution is 0.908. The second-order valence-electron chi connectivity index (χ2n) is 5.71. The molecule has 0 amide bonds. The summed E-state index contributed by atoms with van der Waals surface area (Å²) in [7, 11) is 0. The predicted octanol–water partition coefficient (Wildman–Crippen LogP) is 4.38. The first-order chi connectivity index (χ1) is 12.4. The smallest absolute Gasteiger partial charge is 0.114 e. The third-order valence-electron chi connectivity index (χ3n) is 4.10. The predicted molar refractivity (Wildman–Crippen MR) is 101 cm³/mol. The Balaban J connectivity index is 1.95. The van der Waals surface area contributed by atoms with E-state index < -0.39 is 0 Å². The summed E-state index contributed by atoms with van der Waals surface area (Å²) in [6, 6.07) is 20.3. The number of para-hydroxylation sites is 2. The molecule has 25 heavy (non-hydrogen) atoms. The number of nitrogens with zero attached hydrogens (tertiary/aromatic N) is 3. The highest BCUT2D eigenvalue weighted by atomic mass is 15.1. The Morgan fingerprint density at radius 3 is 2.44 bits per heavy atom. The minimum Gasteiger partial charge on any atom is -0.295 e. The number of benzene rings is 2. The van der Waals surface area contributed by atoms with E-state index >= 15 is 0 Å². The highest BCUT2D eigenvalue weighted by Crippen LogP contribution is 2.24. The van der Waals surface area contributed by atoms with Crippen LogP contribution in [0.4, 0.5) is 0 Å². The zero-order chi connectivity index (χ0) is 17.1. The van der Waals surface area contributed by atoms with E-state index in [0.717, 1.165) is 40.1 Å². The molecule has 0 saturated heterocycles. The minimum atomic E-state index is 0.862. The molecule has 120 valence electrons. The van der Waals surface area contributed by atoms with Gasteiger partial charge in [-0.25, -0.2) is 4.98 Å². The number of aryl methyl sites for hydroxylation is 1. The molecule has 2 aromatic carbocycles. The molecule has 2 heterocycles. The zero-order valence-corrected chi connectivity index (χ0v) is 14.0. The van der Waals surface area contributed by atoms with Crippen LogP contribution in [0.2, 0.25) is 0 Å². The van der Waals surface area contributed by atoms with Crippen molar-refractivity contribution in [2.24, 2.45) is 0 Å². The van der Waals surface area contributed by atoms with Crippen LogP contribution in [0.1, 0.15) is 23.9 Å². The molecular weight excluding hydrogens is 306 g/mol. The summed E-state index contributed by atoms with van der Waals surface area (Å²) in [5.41, 5.74) is 5.08. The van der Waals surface area contributed by atoms with Gasteiger partial charge in [0.15, 0.2) is 0 Å². The molecule has 4 aromatic rings. The maximum atomic E-state index is 4.81. The fourth-order valence-corrected chi connectivity index (χ4v) is 2.94. The van der Waals surface area contributed by atoms with Crippen LogP contribution >= 0.6 is 0 Å². The van der Waals surface area contributed by atoms with Crippen molar-refractivity contribution in [3.8, 4) is 17.5 Å². The molecule has 0 atom stereocenters. The van der Waals surface area contributed by atoms with E-state index in [4.69, 9.17) is 4.98 Å². The van der Waals surface area contributed by atoms with Gasteiger partial charge in [-0.05, 0) is 36.4 Å². The van der Waals surface area contributed by atoms with Gasteiger partial charge >= 0.3 is 0 Å². The average Bonchev–Trinajstić information content (AvgIpc) is 3.07. The van der Waals surface area contributed by atoms with Crippen LogP contribution in [-0.2, 0) is 6.42 Å². The number of pyridine rings is 1. The third kappa shape index (κ3) is 2.90. The fourth-order valence-electron chi connectivity index (χ4n) is 2.94. The van der Waals surface area contributed by atoms with Crippen molar-refractivity contribution >= 4 is 11.0 Å². The maximum absolute atomic E-state index is 4.81. The molecule has 0 N–H and O–H groups in total. The van der Waals surface area contributed by atoms with Gasteiger partial charge in [-0.15, -0.1) is 0 Å². The maximum Gasteiger partial charge on any atom is 0.114 e. The molecule has 3 nitrogen and oxygen atoms in total. The van der Waals surface area contributed by atoms with Crippen LogP contribution in [0.25, 0.3) is 16.7 Å². The van der Waals surface area contributed by atoms with Gasteiger partial charge in [0.05, 0.1) is 16.6 Å². The summed E-state index contributed by atoms with van der Waals surface area (Å²) in [5.74, 6) is 7.58. The van der Waals surface area contributed by atoms with E-state index in [2.05, 4.69) is 46.5 Å². The van der Waals surface area contributed by atoms with Crippen LogP contribution in [0.15, 0.2) is 73.1 Å². The van der Waals surface area contributed by atoms with E-state index in [-0.39, 0.29) is 0 Å². The van der Waals surface area contributed by atoms with Gasteiger partial charge in [0, 0.05) is 30.1 Å². The topological polar surface area (TPSA) is 30.7 Å². The number of fused-ring (bicyclic) bond motifs is 1. The lowest BCUT2D eigenvalue weighted by Gasteiger charge is -2.09. The molecule has 0 aliphatic carbocycles. The number of imidazole rings is 1. The standard InChI is InChI=1S/C22H17N3/c1-2-21-24-20-10-6-7-18(12-11-17-13-15-23-16-14-17)22(20)25(21)19-8-4-3-5-9-19/h3-10,13-16H,2H2,1H3. The molecule has 0 bridgehead atoms. The minimum absolute atomic E-state index is 0.862. The molecule has 0 aliphatic rings. The summed E-state index contributed by atoms with van der Waals surface area (Å²) < 4.78 is 2.21. The first kappa shape index (κ1) is 15.2. The summed E-state index contributed by atoms with van der Waals surface area (Å²) in [6.45, 7) is 2.13. The summed E-state index contributed by atoms with van der Waals surface area (Å²) >= 11 is 0. The molecule has 2 aromatic heterocycles. The van der Waals surface area contributed by atoms with Gasteiger partial charge in [-0.3, -0.25) is 9.55 Å². The highest BCUT2D eigenvalue weighted by molar-refractivity contribution is 5.84. The normalized spacial score (nSPS) is 10.4. The van der Waals surface area contributed by atoms with Gasteiger partial charge in [-0.2, -0.15) is 0 Å². The molecule has 0 spiro atoms. The zero-order valence-electron chi connectivity index (χ0n) is 14.0. The second kappa shape index (κ2) is 6.62. The number of rotatable bonds is 2. The monoisotopic (exact) mass is 323 g/mol. The lowest BCUT2D eigenvalue weighted by Crippen LogP contribution is -2.00. The van der Waals surface area contributed by atoms with Crippen LogP contribution in [0, 0.1) is 11.8 Å². The Morgan fingerprint density at radius 2 is 1.68 bits per heavy atom. The number of hydrogen-bond donors (Lipinski definition) is 0. The van der Waals surface area contributed by atoms with Crippen molar-refractivity contribution < 1.29 is 0 Å². The summed E-state index contributed by atoms with van der Waals surface area (Å²) in [5, 5.41) is 0. The van der Waals surface area contributed by atoms with Gasteiger partial charge in [-0.1, -0.05) is 43.0 Å². The van der Waals surface area contributed by atoms with E-state index in [1.807, 2.05) is 42.5 Å². The second-order valence-corrected chi connectivity index (χ2v) is 5.71. The Labute approximate surface area is 147 Å². The van der Waals surface area contributed by atoms with Crippen molar-refractivity contribution in [3.63, 3.8) is 0 Å². The molecule has 0 saturated carbocycles. The quantitative estimate of drug-likeness (QED) is 0.512. The highest BCUT2D eigenvalue weighted by Gasteiger charge is 2.13. The lowest BCUT2D eigenvalue weighted by atomic mass is 10.1. The Morgan fingerprint density at radius 1 is 0.880 bits per heavy atom. The van der Waals surface area contributed by atoms with Gasteiger partial charge < -0.3 is 0 Å². The van der Waals surface area contributed by atoms with E-state index in [0.29, 0.717) is 0 Å². The van der Waals surface area contributed by atoms with E-state index in [1.165, 1.54) is 0 Å². The molecule has 0 aliphatic heterocycles. The molecule has 0 fully saturated rings. The first-order valence-electron chi connectivity index (χ1n) is 8.34. The van der Waals surface area contributed by atoms with Gasteiger partial charge in [0.2, 0.25) is 0 Å². The van der Waals surface area contributed by atoms with Crippen molar-refractivity contribution in [2.75, 3.05) is 0 Å². The molecule has 4 rings (SSSR count). The van der Waals surface area contributed by atoms with Crippen LogP contribution in [0.5, 0.6) is 0 Å². The van der Waals surface area contributed by atoms with E-state index in [9.17, 15) is 0 Å².